The van der Waals surface area contributed by atoms with Gasteiger partial charge in [0.1, 0.15) is 0 Å². The molecular weight excluding hydrogens is 292 g/mol. The van der Waals surface area contributed by atoms with Crippen molar-refractivity contribution in [1.82, 2.24) is 9.97 Å². The molecule has 0 radical (unpaired) electrons. The Morgan fingerprint density at radius 1 is 1.13 bits per heavy atom. The number of aryl methyl sites for hydroxylation is 2. The minimum absolute atomic E-state index is 0.180. The van der Waals surface area contributed by atoms with E-state index >= 15 is 0 Å². The molecule has 0 aliphatic heterocycles. The van der Waals surface area contributed by atoms with Gasteiger partial charge >= 0.3 is 12.0 Å². The topological polar surface area (TPSA) is 61.3 Å². The lowest BCUT2D eigenvalue weighted by Crippen LogP contribution is -2.10. The zero-order valence-electron chi connectivity index (χ0n) is 13.8. The van der Waals surface area contributed by atoms with Crippen LogP contribution in [0.15, 0.2) is 30.3 Å². The number of aromatic nitrogens is 2. The summed E-state index contributed by atoms with van der Waals surface area (Å²) in [7, 11) is 1.47. The number of unbranched alkanes of at least 4 members (excludes halogenated alkanes) is 2. The second-order valence-electron chi connectivity index (χ2n) is 5.38. The van der Waals surface area contributed by atoms with E-state index in [1.54, 1.807) is 25.1 Å². The summed E-state index contributed by atoms with van der Waals surface area (Å²) in [5, 5.41) is 0. The third kappa shape index (κ3) is 5.06. The maximum atomic E-state index is 12.2. The van der Waals surface area contributed by atoms with Crippen LogP contribution in [0.4, 0.5) is 0 Å². The van der Waals surface area contributed by atoms with Crippen molar-refractivity contribution in [3.8, 4) is 11.9 Å². The summed E-state index contributed by atoms with van der Waals surface area (Å²) in [6, 6.07) is 9.29. The van der Waals surface area contributed by atoms with Crippen molar-refractivity contribution in [3.63, 3.8) is 0 Å². The van der Waals surface area contributed by atoms with Crippen LogP contribution in [0.3, 0.4) is 0 Å². The van der Waals surface area contributed by atoms with Gasteiger partial charge in [-0.05, 0) is 37.5 Å². The molecule has 5 nitrogen and oxygen atoms in total. The van der Waals surface area contributed by atoms with Crippen LogP contribution >= 0.6 is 0 Å². The Labute approximate surface area is 136 Å². The number of carbonyl (C=O) groups excluding carboxylic acids is 1. The predicted molar refractivity (Wildman–Crippen MR) is 88.0 cm³/mol. The van der Waals surface area contributed by atoms with Crippen molar-refractivity contribution in [2.75, 3.05) is 7.11 Å². The minimum atomic E-state index is -0.440. The largest absolute Gasteiger partial charge is 0.467 e. The van der Waals surface area contributed by atoms with E-state index < -0.39 is 5.97 Å². The molecule has 0 unspecified atom stereocenters. The van der Waals surface area contributed by atoms with E-state index in [1.807, 2.05) is 12.1 Å². The summed E-state index contributed by atoms with van der Waals surface area (Å²) < 4.78 is 10.3. The zero-order valence-corrected chi connectivity index (χ0v) is 13.8. The van der Waals surface area contributed by atoms with E-state index in [4.69, 9.17) is 9.47 Å². The monoisotopic (exact) mass is 314 g/mol. The van der Waals surface area contributed by atoms with Crippen LogP contribution in [0, 0.1) is 6.92 Å². The highest BCUT2D eigenvalue weighted by molar-refractivity contribution is 5.90. The lowest BCUT2D eigenvalue weighted by atomic mass is 10.1. The SMILES string of the molecule is CCCCCc1ccc(C(=O)Oc2cc(C)nc(OC)n2)cc1. The normalized spacial score (nSPS) is 10.4. The molecule has 0 spiro atoms. The van der Waals surface area contributed by atoms with Crippen molar-refractivity contribution in [3.05, 3.63) is 47.2 Å². The second-order valence-corrected chi connectivity index (χ2v) is 5.38. The Kier molecular flexibility index (Phi) is 6.09. The molecule has 0 bridgehead atoms. The molecule has 2 rings (SSSR count). The van der Waals surface area contributed by atoms with Gasteiger partial charge in [0.15, 0.2) is 0 Å². The van der Waals surface area contributed by atoms with Crippen LogP contribution in [0.25, 0.3) is 0 Å². The lowest BCUT2D eigenvalue weighted by molar-refractivity contribution is 0.0726. The van der Waals surface area contributed by atoms with Crippen LogP contribution in [0.5, 0.6) is 11.9 Å². The van der Waals surface area contributed by atoms with Crippen LogP contribution in [0.1, 0.15) is 47.8 Å². The summed E-state index contributed by atoms with van der Waals surface area (Å²) in [4.78, 5) is 20.2. The van der Waals surface area contributed by atoms with Crippen molar-refractivity contribution >= 4 is 5.97 Å². The molecule has 2 aromatic rings. The van der Waals surface area contributed by atoms with Crippen LogP contribution in [0.2, 0.25) is 0 Å². The van der Waals surface area contributed by atoms with Gasteiger partial charge in [-0.25, -0.2) is 9.78 Å². The third-order valence-corrected chi connectivity index (χ3v) is 3.45. The summed E-state index contributed by atoms with van der Waals surface area (Å²) in [6.07, 6.45) is 4.62. The van der Waals surface area contributed by atoms with E-state index in [0.29, 0.717) is 11.3 Å². The Bertz CT molecular complexity index is 654. The lowest BCUT2D eigenvalue weighted by Gasteiger charge is -2.06. The molecule has 0 fully saturated rings. The zero-order chi connectivity index (χ0) is 16.7. The highest BCUT2D eigenvalue weighted by Crippen LogP contribution is 2.16. The highest BCUT2D eigenvalue weighted by atomic mass is 16.5. The van der Waals surface area contributed by atoms with E-state index in [2.05, 4.69) is 16.9 Å². The summed E-state index contributed by atoms with van der Waals surface area (Å²) in [5.41, 5.74) is 2.40. The molecule has 5 heteroatoms. The van der Waals surface area contributed by atoms with Gasteiger partial charge in [-0.15, -0.1) is 0 Å². The first-order valence-corrected chi connectivity index (χ1v) is 7.83. The Morgan fingerprint density at radius 3 is 2.52 bits per heavy atom. The number of benzene rings is 1. The second kappa shape index (κ2) is 8.27. The molecule has 1 aromatic carbocycles. The average molecular weight is 314 g/mol. The molecule has 0 saturated carbocycles. The van der Waals surface area contributed by atoms with Crippen molar-refractivity contribution in [2.45, 2.75) is 39.5 Å². The molecule has 0 saturated heterocycles. The molecule has 122 valence electrons. The fraction of sp³-hybridized carbons (Fsp3) is 0.389. The number of hydrogen-bond acceptors (Lipinski definition) is 5. The van der Waals surface area contributed by atoms with Gasteiger partial charge in [-0.2, -0.15) is 4.98 Å². The van der Waals surface area contributed by atoms with E-state index in [9.17, 15) is 4.79 Å². The molecule has 23 heavy (non-hydrogen) atoms. The minimum Gasteiger partial charge on any atom is -0.467 e. The molecule has 0 amide bonds. The first kappa shape index (κ1) is 16.9. The Morgan fingerprint density at radius 2 is 1.87 bits per heavy atom. The van der Waals surface area contributed by atoms with E-state index in [-0.39, 0.29) is 11.9 Å². The number of ether oxygens (including phenoxy) is 2. The average Bonchev–Trinajstić information content (AvgIpc) is 2.55. The quantitative estimate of drug-likeness (QED) is 0.575. The molecule has 0 N–H and O–H groups in total. The summed E-state index contributed by atoms with van der Waals surface area (Å²) in [6.45, 7) is 3.97. The standard InChI is InChI=1S/C18H22N2O3/c1-4-5-6-7-14-8-10-15(11-9-14)17(21)23-16-12-13(2)19-18(20-16)22-3/h8-12H,4-7H2,1-3H3. The Balaban J connectivity index is 2.01. The molecule has 0 aliphatic rings. The number of rotatable bonds is 7. The van der Waals surface area contributed by atoms with Crippen molar-refractivity contribution < 1.29 is 14.3 Å². The number of esters is 1. The molecule has 1 aromatic heterocycles. The van der Waals surface area contributed by atoms with Crippen LogP contribution < -0.4 is 9.47 Å². The van der Waals surface area contributed by atoms with E-state index in [1.165, 1.54) is 31.9 Å². The first-order chi connectivity index (χ1) is 11.1. The first-order valence-electron chi connectivity index (χ1n) is 7.83. The van der Waals surface area contributed by atoms with Gasteiger partial charge in [0, 0.05) is 11.8 Å². The molecule has 0 aliphatic carbocycles. The number of nitrogens with zero attached hydrogens (tertiary/aromatic N) is 2. The van der Waals surface area contributed by atoms with Crippen LogP contribution in [-0.2, 0) is 6.42 Å². The number of carbonyl (C=O) groups is 1. The van der Waals surface area contributed by atoms with Crippen molar-refractivity contribution in [1.29, 1.82) is 0 Å². The maximum absolute atomic E-state index is 12.2. The molecular formula is C18H22N2O3. The van der Waals surface area contributed by atoms with Crippen LogP contribution in [-0.4, -0.2) is 23.0 Å². The fourth-order valence-corrected chi connectivity index (χ4v) is 2.20. The van der Waals surface area contributed by atoms with Gasteiger partial charge in [0.2, 0.25) is 5.88 Å². The third-order valence-electron chi connectivity index (χ3n) is 3.45. The molecule has 1 heterocycles. The summed E-state index contributed by atoms with van der Waals surface area (Å²) in [5.74, 6) is -0.253. The van der Waals surface area contributed by atoms with Gasteiger partial charge in [0.05, 0.1) is 12.7 Å². The van der Waals surface area contributed by atoms with Crippen molar-refractivity contribution in [2.24, 2.45) is 0 Å². The van der Waals surface area contributed by atoms with Gasteiger partial charge in [-0.3, -0.25) is 0 Å². The highest BCUT2D eigenvalue weighted by Gasteiger charge is 2.11. The molecule has 0 atom stereocenters. The van der Waals surface area contributed by atoms with Gasteiger partial charge < -0.3 is 9.47 Å². The maximum Gasteiger partial charge on any atom is 0.344 e. The van der Waals surface area contributed by atoms with Gasteiger partial charge in [0.25, 0.3) is 0 Å². The predicted octanol–water partition coefficient (Wildman–Crippen LogP) is 3.75. The number of hydrogen-bond donors (Lipinski definition) is 0. The van der Waals surface area contributed by atoms with E-state index in [0.717, 1.165) is 6.42 Å². The fourth-order valence-electron chi connectivity index (χ4n) is 2.20. The number of methoxy groups -OCH3 is 1. The smallest absolute Gasteiger partial charge is 0.344 e. The van der Waals surface area contributed by atoms with Gasteiger partial charge in [-0.1, -0.05) is 31.9 Å². The summed E-state index contributed by atoms with van der Waals surface area (Å²) >= 11 is 0. The Hall–Kier alpha value is -2.43.